The molecule has 2 aromatic heterocycles. The molecule has 0 amide bonds. The second-order valence-corrected chi connectivity index (χ2v) is 8.93. The van der Waals surface area contributed by atoms with Crippen LogP contribution in [0.1, 0.15) is 16.8 Å². The Morgan fingerprint density at radius 2 is 1.74 bits per heavy atom. The van der Waals surface area contributed by atoms with Crippen LogP contribution in [0.15, 0.2) is 41.6 Å². The maximum absolute atomic E-state index is 13.1. The number of hydrogen-bond donors (Lipinski definition) is 0. The van der Waals surface area contributed by atoms with Crippen LogP contribution < -0.4 is 4.90 Å². The minimum absolute atomic E-state index is 0.405. The van der Waals surface area contributed by atoms with Crippen molar-refractivity contribution in [3.05, 3.63) is 53.5 Å². The van der Waals surface area contributed by atoms with Crippen LogP contribution in [0.4, 0.5) is 5.82 Å². The fraction of sp³-hybridized carbons (Fsp3) is 0.368. The number of aromatic nitrogens is 3. The van der Waals surface area contributed by atoms with E-state index in [1.807, 2.05) is 49.7 Å². The lowest BCUT2D eigenvalue weighted by Crippen LogP contribution is -2.49. The van der Waals surface area contributed by atoms with Gasteiger partial charge in [-0.15, -0.1) is 0 Å². The molecule has 0 unspecified atom stereocenters. The fourth-order valence-electron chi connectivity index (χ4n) is 3.54. The van der Waals surface area contributed by atoms with Crippen LogP contribution in [0, 0.1) is 20.8 Å². The summed E-state index contributed by atoms with van der Waals surface area (Å²) in [7, 11) is -3.49. The minimum Gasteiger partial charge on any atom is -0.352 e. The Kier molecular flexibility index (Phi) is 4.39. The highest BCUT2D eigenvalue weighted by Gasteiger charge is 2.30. The zero-order chi connectivity index (χ0) is 19.2. The number of nitrogens with zero attached hydrogens (tertiary/aromatic N) is 5. The van der Waals surface area contributed by atoms with Gasteiger partial charge in [0.15, 0.2) is 5.82 Å². The molecule has 3 heterocycles. The quantitative estimate of drug-likeness (QED) is 0.691. The summed E-state index contributed by atoms with van der Waals surface area (Å²) in [5.41, 5.74) is 3.61. The maximum atomic E-state index is 13.1. The third kappa shape index (κ3) is 3.19. The number of piperazine rings is 1. The van der Waals surface area contributed by atoms with E-state index >= 15 is 0 Å². The van der Waals surface area contributed by atoms with Crippen molar-refractivity contribution in [2.45, 2.75) is 25.7 Å². The number of rotatable bonds is 3. The van der Waals surface area contributed by atoms with Crippen LogP contribution in [-0.4, -0.2) is 53.5 Å². The average molecular weight is 385 g/mol. The summed E-state index contributed by atoms with van der Waals surface area (Å²) in [6, 6.07) is 7.56. The SMILES string of the molecule is Cc1ccc(C)c(S(=O)(=O)N2CCN(c3nccn4nc(C)cc34)CC2)c1. The first-order chi connectivity index (χ1) is 12.9. The molecule has 0 atom stereocenters. The van der Waals surface area contributed by atoms with Crippen LogP contribution >= 0.6 is 0 Å². The molecule has 142 valence electrons. The molecule has 1 aliphatic rings. The van der Waals surface area contributed by atoms with Crippen molar-refractivity contribution in [3.63, 3.8) is 0 Å². The lowest BCUT2D eigenvalue weighted by molar-refractivity contribution is 0.384. The highest BCUT2D eigenvalue weighted by Crippen LogP contribution is 2.25. The van der Waals surface area contributed by atoms with E-state index in [-0.39, 0.29) is 0 Å². The van der Waals surface area contributed by atoms with E-state index in [0.29, 0.717) is 31.1 Å². The van der Waals surface area contributed by atoms with E-state index in [1.165, 1.54) is 0 Å². The van der Waals surface area contributed by atoms with Gasteiger partial charge in [-0.1, -0.05) is 12.1 Å². The van der Waals surface area contributed by atoms with Gasteiger partial charge in [-0.25, -0.2) is 17.9 Å². The van der Waals surface area contributed by atoms with Crippen molar-refractivity contribution in [1.82, 2.24) is 18.9 Å². The molecule has 0 bridgehead atoms. The van der Waals surface area contributed by atoms with E-state index in [9.17, 15) is 8.42 Å². The number of hydrogen-bond acceptors (Lipinski definition) is 5. The van der Waals surface area contributed by atoms with Crippen LogP contribution in [0.25, 0.3) is 5.52 Å². The second kappa shape index (κ2) is 6.61. The average Bonchev–Trinajstić information content (AvgIpc) is 3.04. The highest BCUT2D eigenvalue weighted by molar-refractivity contribution is 7.89. The first kappa shape index (κ1) is 17.9. The van der Waals surface area contributed by atoms with Crippen molar-refractivity contribution in [2.24, 2.45) is 0 Å². The topological polar surface area (TPSA) is 70.8 Å². The van der Waals surface area contributed by atoms with Crippen molar-refractivity contribution in [3.8, 4) is 0 Å². The van der Waals surface area contributed by atoms with Crippen LogP contribution in [0.5, 0.6) is 0 Å². The van der Waals surface area contributed by atoms with Crippen LogP contribution in [-0.2, 0) is 10.0 Å². The smallest absolute Gasteiger partial charge is 0.243 e. The standard InChI is InChI=1S/C19H23N5O2S/c1-14-4-5-15(2)18(12-14)27(25,26)23-10-8-22(9-11-23)19-17-13-16(3)21-24(17)7-6-20-19/h4-7,12-13H,8-11H2,1-3H3. The van der Waals surface area contributed by atoms with E-state index in [4.69, 9.17) is 0 Å². The summed E-state index contributed by atoms with van der Waals surface area (Å²) >= 11 is 0. The molecule has 0 saturated carbocycles. The van der Waals surface area contributed by atoms with Gasteiger partial charge in [0.05, 0.1) is 10.6 Å². The zero-order valence-electron chi connectivity index (χ0n) is 15.8. The van der Waals surface area contributed by atoms with Gasteiger partial charge in [-0.05, 0) is 44.0 Å². The number of sulfonamides is 1. The number of benzene rings is 1. The van der Waals surface area contributed by atoms with E-state index in [2.05, 4.69) is 15.0 Å². The Labute approximate surface area is 159 Å². The normalized spacial score (nSPS) is 16.2. The number of aryl methyl sites for hydroxylation is 3. The van der Waals surface area contributed by atoms with Gasteiger partial charge >= 0.3 is 0 Å². The van der Waals surface area contributed by atoms with Gasteiger partial charge in [-0.3, -0.25) is 0 Å². The Morgan fingerprint density at radius 3 is 2.48 bits per heavy atom. The molecule has 1 fully saturated rings. The van der Waals surface area contributed by atoms with Crippen LogP contribution in [0.3, 0.4) is 0 Å². The van der Waals surface area contributed by atoms with Crippen molar-refractivity contribution < 1.29 is 8.42 Å². The molecule has 0 radical (unpaired) electrons. The first-order valence-electron chi connectivity index (χ1n) is 8.99. The maximum Gasteiger partial charge on any atom is 0.243 e. The summed E-state index contributed by atoms with van der Waals surface area (Å²) in [6.45, 7) is 7.77. The Hall–Kier alpha value is -2.45. The molecule has 4 rings (SSSR count). The highest BCUT2D eigenvalue weighted by atomic mass is 32.2. The van der Waals surface area contributed by atoms with Gasteiger partial charge in [-0.2, -0.15) is 9.40 Å². The fourth-order valence-corrected chi connectivity index (χ4v) is 5.27. The van der Waals surface area contributed by atoms with E-state index < -0.39 is 10.0 Å². The summed E-state index contributed by atoms with van der Waals surface area (Å²) in [4.78, 5) is 7.05. The lowest BCUT2D eigenvalue weighted by atomic mass is 10.2. The molecule has 0 aliphatic carbocycles. The zero-order valence-corrected chi connectivity index (χ0v) is 16.6. The second-order valence-electron chi connectivity index (χ2n) is 7.03. The van der Waals surface area contributed by atoms with Crippen molar-refractivity contribution in [1.29, 1.82) is 0 Å². The largest absolute Gasteiger partial charge is 0.352 e. The molecule has 7 nitrogen and oxygen atoms in total. The molecule has 27 heavy (non-hydrogen) atoms. The Balaban J connectivity index is 1.57. The monoisotopic (exact) mass is 385 g/mol. The molecule has 1 saturated heterocycles. The van der Waals surface area contributed by atoms with E-state index in [1.54, 1.807) is 16.6 Å². The van der Waals surface area contributed by atoms with Crippen molar-refractivity contribution >= 4 is 21.4 Å². The number of anilines is 1. The Morgan fingerprint density at radius 1 is 1.00 bits per heavy atom. The Bertz CT molecular complexity index is 1100. The predicted octanol–water partition coefficient (Wildman–Crippen LogP) is 2.17. The summed E-state index contributed by atoms with van der Waals surface area (Å²) < 4.78 is 29.6. The third-order valence-corrected chi connectivity index (χ3v) is 7.03. The number of fused-ring (bicyclic) bond motifs is 1. The summed E-state index contributed by atoms with van der Waals surface area (Å²) in [5, 5.41) is 4.42. The minimum atomic E-state index is -3.49. The molecule has 0 spiro atoms. The van der Waals surface area contributed by atoms with Crippen molar-refractivity contribution in [2.75, 3.05) is 31.1 Å². The van der Waals surface area contributed by atoms with Gasteiger partial charge in [0.1, 0.15) is 5.52 Å². The molecule has 0 N–H and O–H groups in total. The van der Waals surface area contributed by atoms with Crippen LogP contribution in [0.2, 0.25) is 0 Å². The molecular weight excluding hydrogens is 362 g/mol. The van der Waals surface area contributed by atoms with E-state index in [0.717, 1.165) is 28.2 Å². The third-order valence-electron chi connectivity index (χ3n) is 4.99. The molecule has 1 aromatic carbocycles. The van der Waals surface area contributed by atoms with Gasteiger partial charge in [0.25, 0.3) is 0 Å². The molecule has 1 aliphatic heterocycles. The van der Waals surface area contributed by atoms with Gasteiger partial charge < -0.3 is 4.90 Å². The first-order valence-corrected chi connectivity index (χ1v) is 10.4. The lowest BCUT2D eigenvalue weighted by Gasteiger charge is -2.35. The molecule has 3 aromatic rings. The molecule has 8 heteroatoms. The summed E-state index contributed by atoms with van der Waals surface area (Å²) in [5.74, 6) is 0.849. The summed E-state index contributed by atoms with van der Waals surface area (Å²) in [6.07, 6.45) is 3.56. The van der Waals surface area contributed by atoms with Gasteiger partial charge in [0.2, 0.25) is 10.0 Å². The predicted molar refractivity (Wildman–Crippen MR) is 105 cm³/mol. The van der Waals surface area contributed by atoms with Gasteiger partial charge in [0, 0.05) is 38.6 Å². The molecular formula is C19H23N5O2S.